The number of nitrogens with one attached hydrogen (secondary N) is 1. The van der Waals surface area contributed by atoms with Crippen molar-refractivity contribution in [1.82, 2.24) is 15.5 Å². The highest BCUT2D eigenvalue weighted by molar-refractivity contribution is 5.77. The van der Waals surface area contributed by atoms with E-state index in [1.807, 2.05) is 67.6 Å². The molecule has 1 aromatic heterocycles. The number of rotatable bonds is 7. The number of benzene rings is 3. The fraction of sp³-hybridized carbons (Fsp3) is 0.160. The van der Waals surface area contributed by atoms with Gasteiger partial charge >= 0.3 is 0 Å². The van der Waals surface area contributed by atoms with Crippen LogP contribution in [-0.4, -0.2) is 16.0 Å². The maximum Gasteiger partial charge on any atom is 0.246 e. The molecule has 4 rings (SSSR count). The number of nitrogens with zero attached hydrogens (tertiary/aromatic N) is 2. The lowest BCUT2D eigenvalue weighted by Crippen LogP contribution is -2.25. The Hall–Kier alpha value is -3.73. The van der Waals surface area contributed by atoms with E-state index in [0.717, 1.165) is 22.3 Å². The molecule has 1 N–H and O–H groups in total. The third kappa shape index (κ3) is 4.81. The van der Waals surface area contributed by atoms with Crippen molar-refractivity contribution < 1.29 is 9.32 Å². The van der Waals surface area contributed by atoms with Crippen molar-refractivity contribution in [3.8, 4) is 11.4 Å². The normalized spacial score (nSPS) is 10.9. The SMILES string of the molecule is Cc1cccc(-c2noc(CNC(=O)CC(c3ccccc3)c3ccccc3)n2)c1. The molecule has 3 aromatic carbocycles. The van der Waals surface area contributed by atoms with Gasteiger partial charge in [0.05, 0.1) is 6.54 Å². The standard InChI is InChI=1S/C25H23N3O2/c1-18-9-8-14-21(15-18)25-27-24(30-28-25)17-26-23(29)16-22(19-10-4-2-5-11-19)20-12-6-3-7-13-20/h2-15,22H,16-17H2,1H3,(H,26,29). The summed E-state index contributed by atoms with van der Waals surface area (Å²) in [5.74, 6) is 0.825. The van der Waals surface area contributed by atoms with Crippen LogP contribution in [0.3, 0.4) is 0 Å². The third-order valence-electron chi connectivity index (χ3n) is 4.97. The maximum absolute atomic E-state index is 12.7. The first kappa shape index (κ1) is 19.6. The molecule has 0 fully saturated rings. The van der Waals surface area contributed by atoms with E-state index in [2.05, 4.69) is 39.7 Å². The summed E-state index contributed by atoms with van der Waals surface area (Å²) in [6.45, 7) is 2.22. The van der Waals surface area contributed by atoms with Gasteiger partial charge in [0.2, 0.25) is 17.6 Å². The number of hydrogen-bond acceptors (Lipinski definition) is 4. The fourth-order valence-electron chi connectivity index (χ4n) is 3.46. The van der Waals surface area contributed by atoms with Gasteiger partial charge in [-0.25, -0.2) is 0 Å². The summed E-state index contributed by atoms with van der Waals surface area (Å²) >= 11 is 0. The number of amides is 1. The molecular weight excluding hydrogens is 374 g/mol. The topological polar surface area (TPSA) is 68.0 Å². The van der Waals surface area contributed by atoms with Gasteiger partial charge in [-0.15, -0.1) is 0 Å². The predicted molar refractivity (Wildman–Crippen MR) is 116 cm³/mol. The highest BCUT2D eigenvalue weighted by Crippen LogP contribution is 2.27. The van der Waals surface area contributed by atoms with Crippen molar-refractivity contribution in [2.24, 2.45) is 0 Å². The first-order valence-electron chi connectivity index (χ1n) is 9.95. The van der Waals surface area contributed by atoms with Gasteiger partial charge in [0.15, 0.2) is 0 Å². The molecule has 0 aliphatic carbocycles. The van der Waals surface area contributed by atoms with Gasteiger partial charge in [0.1, 0.15) is 0 Å². The summed E-state index contributed by atoms with van der Waals surface area (Å²) in [6, 6.07) is 28.0. The van der Waals surface area contributed by atoms with E-state index < -0.39 is 0 Å². The Balaban J connectivity index is 1.42. The molecule has 4 aromatic rings. The average molecular weight is 397 g/mol. The average Bonchev–Trinajstić information content (AvgIpc) is 3.26. The Bertz CT molecular complexity index is 1070. The van der Waals surface area contributed by atoms with E-state index in [1.165, 1.54) is 0 Å². The zero-order valence-electron chi connectivity index (χ0n) is 16.8. The molecule has 0 spiro atoms. The lowest BCUT2D eigenvalue weighted by Gasteiger charge is -2.17. The molecule has 0 saturated heterocycles. The number of aromatic nitrogens is 2. The number of carbonyl (C=O) groups is 1. The molecule has 0 atom stereocenters. The lowest BCUT2D eigenvalue weighted by atomic mass is 9.88. The van der Waals surface area contributed by atoms with Gasteiger partial charge in [-0.2, -0.15) is 4.98 Å². The largest absolute Gasteiger partial charge is 0.347 e. The van der Waals surface area contributed by atoms with E-state index in [1.54, 1.807) is 0 Å². The molecule has 0 aliphatic rings. The van der Waals surface area contributed by atoms with E-state index in [4.69, 9.17) is 4.52 Å². The second-order valence-electron chi connectivity index (χ2n) is 7.24. The summed E-state index contributed by atoms with van der Waals surface area (Å²) in [6.07, 6.45) is 0.340. The van der Waals surface area contributed by atoms with Crippen LogP contribution < -0.4 is 5.32 Å². The molecule has 0 saturated carbocycles. The van der Waals surface area contributed by atoms with Gasteiger partial charge in [-0.05, 0) is 24.1 Å². The minimum atomic E-state index is -0.0667. The van der Waals surface area contributed by atoms with Gasteiger partial charge < -0.3 is 9.84 Å². The van der Waals surface area contributed by atoms with Crippen LogP contribution in [0.15, 0.2) is 89.5 Å². The second kappa shape index (κ2) is 9.18. The van der Waals surface area contributed by atoms with Crippen molar-refractivity contribution in [3.63, 3.8) is 0 Å². The molecule has 5 nitrogen and oxygen atoms in total. The minimum absolute atomic E-state index is 0.0158. The highest BCUT2D eigenvalue weighted by Gasteiger charge is 2.18. The van der Waals surface area contributed by atoms with Crippen LogP contribution >= 0.6 is 0 Å². The second-order valence-corrected chi connectivity index (χ2v) is 7.24. The zero-order valence-corrected chi connectivity index (χ0v) is 16.8. The van der Waals surface area contributed by atoms with Crippen LogP contribution in [0, 0.1) is 6.92 Å². The molecule has 30 heavy (non-hydrogen) atoms. The first-order valence-corrected chi connectivity index (χ1v) is 9.95. The number of carbonyl (C=O) groups excluding carboxylic acids is 1. The zero-order chi connectivity index (χ0) is 20.8. The van der Waals surface area contributed by atoms with Gasteiger partial charge in [-0.3, -0.25) is 4.79 Å². The van der Waals surface area contributed by atoms with Crippen LogP contribution in [0.1, 0.15) is 34.9 Å². The summed E-state index contributed by atoms with van der Waals surface area (Å²) in [7, 11) is 0. The molecule has 1 heterocycles. The van der Waals surface area contributed by atoms with Crippen molar-refractivity contribution in [2.45, 2.75) is 25.8 Å². The van der Waals surface area contributed by atoms with Gasteiger partial charge in [0.25, 0.3) is 0 Å². The summed E-state index contributed by atoms with van der Waals surface area (Å²) in [4.78, 5) is 17.1. The fourth-order valence-corrected chi connectivity index (χ4v) is 3.46. The summed E-state index contributed by atoms with van der Waals surface area (Å²) in [5.41, 5.74) is 4.24. The molecule has 1 amide bonds. The van der Waals surface area contributed by atoms with Crippen molar-refractivity contribution in [1.29, 1.82) is 0 Å². The Labute approximate surface area is 175 Å². The number of hydrogen-bond donors (Lipinski definition) is 1. The third-order valence-corrected chi connectivity index (χ3v) is 4.97. The molecule has 5 heteroatoms. The van der Waals surface area contributed by atoms with Crippen molar-refractivity contribution in [3.05, 3.63) is 108 Å². The molecular formula is C25H23N3O2. The van der Waals surface area contributed by atoms with Crippen LogP contribution in [0.5, 0.6) is 0 Å². The Kier molecular flexibility index (Phi) is 5.99. The Morgan fingerprint density at radius 3 is 2.23 bits per heavy atom. The van der Waals surface area contributed by atoms with Crippen LogP contribution in [0.4, 0.5) is 0 Å². The van der Waals surface area contributed by atoms with E-state index >= 15 is 0 Å². The van der Waals surface area contributed by atoms with Crippen LogP contribution in [0.25, 0.3) is 11.4 Å². The molecule has 0 radical (unpaired) electrons. The number of aryl methyl sites for hydroxylation is 1. The van der Waals surface area contributed by atoms with Crippen molar-refractivity contribution >= 4 is 5.91 Å². The smallest absolute Gasteiger partial charge is 0.246 e. The maximum atomic E-state index is 12.7. The Morgan fingerprint density at radius 2 is 1.60 bits per heavy atom. The van der Waals surface area contributed by atoms with Crippen LogP contribution in [-0.2, 0) is 11.3 Å². The summed E-state index contributed by atoms with van der Waals surface area (Å²) in [5, 5.41) is 6.93. The minimum Gasteiger partial charge on any atom is -0.347 e. The lowest BCUT2D eigenvalue weighted by molar-refractivity contribution is -0.121. The van der Waals surface area contributed by atoms with E-state index in [-0.39, 0.29) is 18.4 Å². The van der Waals surface area contributed by atoms with Crippen molar-refractivity contribution in [2.75, 3.05) is 0 Å². The van der Waals surface area contributed by atoms with Crippen LogP contribution in [0.2, 0.25) is 0 Å². The predicted octanol–water partition coefficient (Wildman–Crippen LogP) is 4.88. The monoisotopic (exact) mass is 397 g/mol. The first-order chi connectivity index (χ1) is 14.7. The highest BCUT2D eigenvalue weighted by atomic mass is 16.5. The molecule has 0 aliphatic heterocycles. The van der Waals surface area contributed by atoms with Gasteiger partial charge in [-0.1, -0.05) is 89.6 Å². The summed E-state index contributed by atoms with van der Waals surface area (Å²) < 4.78 is 5.31. The quantitative estimate of drug-likeness (QED) is 0.482. The van der Waals surface area contributed by atoms with E-state index in [0.29, 0.717) is 18.1 Å². The molecule has 0 bridgehead atoms. The van der Waals surface area contributed by atoms with Gasteiger partial charge in [0, 0.05) is 17.9 Å². The molecule has 0 unspecified atom stereocenters. The Morgan fingerprint density at radius 1 is 0.933 bits per heavy atom. The molecule has 150 valence electrons. The van der Waals surface area contributed by atoms with E-state index in [9.17, 15) is 4.79 Å².